The molecule has 18 heavy (non-hydrogen) atoms. The number of aromatic nitrogens is 1. The van der Waals surface area contributed by atoms with Crippen molar-refractivity contribution >= 4 is 11.6 Å². The molecule has 0 amide bonds. The predicted molar refractivity (Wildman–Crippen MR) is 61.2 cm³/mol. The lowest BCUT2D eigenvalue weighted by Crippen LogP contribution is -2.23. The molecule has 1 aromatic rings. The Balaban J connectivity index is 2.28. The standard InChI is InChI=1S/C12H13ClF3NO/c1-11(18,6-7-2-3-7)8-4-5-9(12(14,15)16)17-10(8)13/h4-5,7,18H,2-3,6H2,1H3. The minimum absolute atomic E-state index is 0.254. The molecule has 0 aliphatic heterocycles. The van der Waals surface area contributed by atoms with Crippen LogP contribution in [0.5, 0.6) is 0 Å². The van der Waals surface area contributed by atoms with Crippen LogP contribution in [0.3, 0.4) is 0 Å². The number of rotatable bonds is 3. The first-order chi connectivity index (χ1) is 8.20. The van der Waals surface area contributed by atoms with E-state index in [-0.39, 0.29) is 10.7 Å². The van der Waals surface area contributed by atoms with Crippen molar-refractivity contribution in [3.8, 4) is 0 Å². The Bertz CT molecular complexity index is 455. The van der Waals surface area contributed by atoms with E-state index in [0.29, 0.717) is 12.3 Å². The molecular formula is C12H13ClF3NO. The molecule has 1 aliphatic carbocycles. The molecule has 0 aromatic carbocycles. The molecule has 1 fully saturated rings. The van der Waals surface area contributed by atoms with Crippen LogP contribution in [0.1, 0.15) is 37.4 Å². The highest BCUT2D eigenvalue weighted by Gasteiger charge is 2.37. The van der Waals surface area contributed by atoms with Gasteiger partial charge in [0.25, 0.3) is 0 Å². The van der Waals surface area contributed by atoms with Gasteiger partial charge in [0.05, 0.1) is 5.60 Å². The van der Waals surface area contributed by atoms with Gasteiger partial charge >= 0.3 is 6.18 Å². The van der Waals surface area contributed by atoms with Crippen LogP contribution in [-0.2, 0) is 11.8 Å². The number of pyridine rings is 1. The summed E-state index contributed by atoms with van der Waals surface area (Å²) in [6.07, 6.45) is -1.94. The predicted octanol–water partition coefficient (Wildman–Crippen LogP) is 3.76. The molecule has 6 heteroatoms. The SMILES string of the molecule is CC(O)(CC1CC1)c1ccc(C(F)(F)F)nc1Cl. The van der Waals surface area contributed by atoms with E-state index in [1.165, 1.54) is 6.07 Å². The first-order valence-corrected chi connectivity index (χ1v) is 6.04. The molecule has 1 unspecified atom stereocenters. The third-order valence-electron chi connectivity index (χ3n) is 3.10. The molecule has 100 valence electrons. The van der Waals surface area contributed by atoms with Gasteiger partial charge in [-0.2, -0.15) is 13.2 Å². The maximum absolute atomic E-state index is 12.4. The van der Waals surface area contributed by atoms with E-state index in [1.54, 1.807) is 6.92 Å². The van der Waals surface area contributed by atoms with E-state index in [9.17, 15) is 18.3 Å². The molecule has 1 atom stereocenters. The molecule has 2 nitrogen and oxygen atoms in total. The highest BCUT2D eigenvalue weighted by Crippen LogP contribution is 2.42. The van der Waals surface area contributed by atoms with Crippen molar-refractivity contribution in [2.24, 2.45) is 5.92 Å². The van der Waals surface area contributed by atoms with Crippen LogP contribution >= 0.6 is 11.6 Å². The zero-order valence-electron chi connectivity index (χ0n) is 9.76. The lowest BCUT2D eigenvalue weighted by molar-refractivity contribution is -0.141. The summed E-state index contributed by atoms with van der Waals surface area (Å²) >= 11 is 5.75. The maximum atomic E-state index is 12.4. The first-order valence-electron chi connectivity index (χ1n) is 5.67. The second-order valence-corrected chi connectivity index (χ2v) is 5.31. The summed E-state index contributed by atoms with van der Waals surface area (Å²) < 4.78 is 37.3. The fourth-order valence-electron chi connectivity index (χ4n) is 1.99. The summed E-state index contributed by atoms with van der Waals surface area (Å²) in [5.74, 6) is 0.429. The molecule has 0 saturated heterocycles. The summed E-state index contributed by atoms with van der Waals surface area (Å²) in [4.78, 5) is 3.32. The topological polar surface area (TPSA) is 33.1 Å². The van der Waals surface area contributed by atoms with Crippen molar-refractivity contribution in [2.45, 2.75) is 38.0 Å². The van der Waals surface area contributed by atoms with Crippen LogP contribution in [0, 0.1) is 5.92 Å². The quantitative estimate of drug-likeness (QED) is 0.855. The van der Waals surface area contributed by atoms with Crippen molar-refractivity contribution in [2.75, 3.05) is 0 Å². The number of aliphatic hydroxyl groups is 1. The van der Waals surface area contributed by atoms with Crippen molar-refractivity contribution in [1.29, 1.82) is 0 Å². The fraction of sp³-hybridized carbons (Fsp3) is 0.583. The average Bonchev–Trinajstić information content (AvgIpc) is 2.98. The van der Waals surface area contributed by atoms with E-state index in [0.717, 1.165) is 18.9 Å². The Hall–Kier alpha value is -0.810. The number of hydrogen-bond acceptors (Lipinski definition) is 2. The highest BCUT2D eigenvalue weighted by molar-refractivity contribution is 6.30. The summed E-state index contributed by atoms with van der Waals surface area (Å²) in [5, 5.41) is 9.98. The van der Waals surface area contributed by atoms with Crippen molar-refractivity contribution < 1.29 is 18.3 Å². The molecule has 0 radical (unpaired) electrons. The Labute approximate surface area is 108 Å². The van der Waals surface area contributed by atoms with Gasteiger partial charge < -0.3 is 5.11 Å². The lowest BCUT2D eigenvalue weighted by Gasteiger charge is -2.24. The Morgan fingerprint density at radius 1 is 1.39 bits per heavy atom. The number of hydrogen-bond donors (Lipinski definition) is 1. The summed E-state index contributed by atoms with van der Waals surface area (Å²) in [5.41, 5.74) is -2.02. The second kappa shape index (κ2) is 4.38. The third kappa shape index (κ3) is 2.95. The van der Waals surface area contributed by atoms with Gasteiger partial charge in [-0.1, -0.05) is 30.5 Å². The van der Waals surface area contributed by atoms with E-state index in [1.807, 2.05) is 0 Å². The molecule has 0 spiro atoms. The van der Waals surface area contributed by atoms with E-state index in [2.05, 4.69) is 4.98 Å². The zero-order chi connectivity index (χ0) is 13.6. The zero-order valence-corrected chi connectivity index (χ0v) is 10.5. The van der Waals surface area contributed by atoms with Crippen molar-refractivity contribution in [3.63, 3.8) is 0 Å². The molecule has 1 aromatic heterocycles. The van der Waals surface area contributed by atoms with E-state index in [4.69, 9.17) is 11.6 Å². The minimum Gasteiger partial charge on any atom is -0.385 e. The van der Waals surface area contributed by atoms with Crippen LogP contribution in [-0.4, -0.2) is 10.1 Å². The number of alkyl halides is 3. The monoisotopic (exact) mass is 279 g/mol. The minimum atomic E-state index is -4.52. The van der Waals surface area contributed by atoms with Crippen LogP contribution < -0.4 is 0 Å². The third-order valence-corrected chi connectivity index (χ3v) is 3.39. The summed E-state index contributed by atoms with van der Waals surface area (Å²) in [6.45, 7) is 1.56. The van der Waals surface area contributed by atoms with Gasteiger partial charge in [-0.05, 0) is 25.3 Å². The summed E-state index contributed by atoms with van der Waals surface area (Å²) in [7, 11) is 0. The second-order valence-electron chi connectivity index (χ2n) is 4.95. The Morgan fingerprint density at radius 2 is 2.00 bits per heavy atom. The first kappa shape index (κ1) is 13.6. The van der Waals surface area contributed by atoms with Gasteiger partial charge in [0, 0.05) is 5.56 Å². The molecular weight excluding hydrogens is 267 g/mol. The molecule has 1 N–H and O–H groups in total. The van der Waals surface area contributed by atoms with Crippen molar-refractivity contribution in [1.82, 2.24) is 4.98 Å². The van der Waals surface area contributed by atoms with Crippen molar-refractivity contribution in [3.05, 3.63) is 28.5 Å². The van der Waals surface area contributed by atoms with Gasteiger partial charge in [0.15, 0.2) is 0 Å². The molecule has 1 aliphatic rings. The van der Waals surface area contributed by atoms with Gasteiger partial charge in [-0.3, -0.25) is 0 Å². The van der Waals surface area contributed by atoms with Crippen LogP contribution in [0.25, 0.3) is 0 Å². The van der Waals surface area contributed by atoms with Crippen LogP contribution in [0.4, 0.5) is 13.2 Å². The molecule has 0 bridgehead atoms. The van der Waals surface area contributed by atoms with Crippen LogP contribution in [0.2, 0.25) is 5.15 Å². The lowest BCUT2D eigenvalue weighted by atomic mass is 9.91. The maximum Gasteiger partial charge on any atom is 0.433 e. The van der Waals surface area contributed by atoms with Crippen LogP contribution in [0.15, 0.2) is 12.1 Å². The number of halogens is 4. The van der Waals surface area contributed by atoms with Gasteiger partial charge in [-0.15, -0.1) is 0 Å². The molecule has 1 saturated carbocycles. The van der Waals surface area contributed by atoms with E-state index < -0.39 is 17.5 Å². The highest BCUT2D eigenvalue weighted by atomic mass is 35.5. The van der Waals surface area contributed by atoms with Gasteiger partial charge in [0.1, 0.15) is 10.8 Å². The normalized spacial score (nSPS) is 19.7. The van der Waals surface area contributed by atoms with E-state index >= 15 is 0 Å². The summed E-state index contributed by atoms with van der Waals surface area (Å²) in [6, 6.07) is 2.06. The molecule has 2 rings (SSSR count). The average molecular weight is 280 g/mol. The number of nitrogens with zero attached hydrogens (tertiary/aromatic N) is 1. The Kier molecular flexibility index (Phi) is 3.32. The fourth-order valence-corrected chi connectivity index (χ4v) is 2.35. The Morgan fingerprint density at radius 3 is 2.44 bits per heavy atom. The van der Waals surface area contributed by atoms with Gasteiger partial charge in [-0.25, -0.2) is 4.98 Å². The smallest absolute Gasteiger partial charge is 0.385 e. The van der Waals surface area contributed by atoms with Gasteiger partial charge in [0.2, 0.25) is 0 Å². The largest absolute Gasteiger partial charge is 0.433 e. The molecule has 1 heterocycles.